The van der Waals surface area contributed by atoms with Gasteiger partial charge >= 0.3 is 0 Å². The van der Waals surface area contributed by atoms with E-state index in [0.717, 1.165) is 5.54 Å². The summed E-state index contributed by atoms with van der Waals surface area (Å²) in [5.74, 6) is 0. The first-order valence-electron chi connectivity index (χ1n) is 9.21. The van der Waals surface area contributed by atoms with E-state index in [-0.39, 0.29) is 0 Å². The Morgan fingerprint density at radius 1 is 1.05 bits per heavy atom. The maximum Gasteiger partial charge on any atom is 0.114 e. The predicted octanol–water partition coefficient (Wildman–Crippen LogP) is 5.90. The molecule has 0 N–H and O–H groups in total. The summed E-state index contributed by atoms with van der Waals surface area (Å²) < 4.78 is 0. The van der Waals surface area contributed by atoms with Gasteiger partial charge < -0.3 is 0 Å². The Hall–Kier alpha value is -1.08. The van der Waals surface area contributed by atoms with Gasteiger partial charge in [0.2, 0.25) is 0 Å². The lowest BCUT2D eigenvalue weighted by Gasteiger charge is -2.41. The van der Waals surface area contributed by atoms with Crippen LogP contribution in [0.3, 0.4) is 0 Å². The van der Waals surface area contributed by atoms with Gasteiger partial charge in [-0.05, 0) is 18.4 Å². The summed E-state index contributed by atoms with van der Waals surface area (Å²) in [4.78, 5) is 0. The summed E-state index contributed by atoms with van der Waals surface area (Å²) in [6.45, 7) is 5.00. The minimum absolute atomic E-state index is 0.949. The van der Waals surface area contributed by atoms with Crippen molar-refractivity contribution < 1.29 is 0 Å². The van der Waals surface area contributed by atoms with E-state index in [1.807, 2.05) is 5.20 Å². The highest BCUT2D eigenvalue weighted by molar-refractivity contribution is 6.98. The van der Waals surface area contributed by atoms with Crippen LogP contribution in [0.25, 0.3) is 0 Å². The van der Waals surface area contributed by atoms with Gasteiger partial charge in [0.05, 0.1) is 0 Å². The molecule has 2 aliphatic rings. The van der Waals surface area contributed by atoms with Crippen molar-refractivity contribution in [2.45, 2.75) is 70.4 Å². The molecule has 0 bridgehead atoms. The number of benzene rings is 1. The van der Waals surface area contributed by atoms with Crippen LogP contribution >= 0.6 is 0 Å². The fraction of sp³-hybridized carbons (Fsp3) is 0.524. The van der Waals surface area contributed by atoms with Crippen LogP contribution < -0.4 is 5.19 Å². The summed E-state index contributed by atoms with van der Waals surface area (Å²) in [7, 11) is -1.57. The minimum atomic E-state index is -1.57. The molecule has 0 aromatic heterocycles. The third-order valence-corrected chi connectivity index (χ3v) is 11.5. The Bertz CT molecular complexity index is 549. The van der Waals surface area contributed by atoms with Crippen molar-refractivity contribution in [3.05, 3.63) is 53.3 Å². The highest BCUT2D eigenvalue weighted by atomic mass is 28.3. The van der Waals surface area contributed by atoms with Gasteiger partial charge in [-0.1, -0.05) is 110 Å². The van der Waals surface area contributed by atoms with Crippen molar-refractivity contribution in [3.63, 3.8) is 0 Å². The van der Waals surface area contributed by atoms with Gasteiger partial charge in [-0.25, -0.2) is 0 Å². The van der Waals surface area contributed by atoms with Crippen molar-refractivity contribution in [2.75, 3.05) is 0 Å². The molecule has 1 atom stereocenters. The first-order valence-corrected chi connectivity index (χ1v) is 11.8. The molecule has 1 heteroatoms. The predicted molar refractivity (Wildman–Crippen MR) is 100 cm³/mol. The zero-order chi connectivity index (χ0) is 15.4. The Morgan fingerprint density at radius 3 is 2.45 bits per heavy atom. The van der Waals surface area contributed by atoms with Crippen molar-refractivity contribution in [2.24, 2.45) is 0 Å². The van der Waals surface area contributed by atoms with E-state index >= 15 is 0 Å². The molecule has 0 spiro atoms. The second kappa shape index (κ2) is 7.00. The maximum absolute atomic E-state index is 2.68. The molecule has 1 aromatic carbocycles. The van der Waals surface area contributed by atoms with Crippen LogP contribution in [0.2, 0.25) is 12.1 Å². The Kier molecular flexibility index (Phi) is 5.02. The molecule has 2 aliphatic carbocycles. The van der Waals surface area contributed by atoms with Crippen LogP contribution in [0.4, 0.5) is 0 Å². The summed E-state index contributed by atoms with van der Waals surface area (Å²) in [6, 6.07) is 11.5. The van der Waals surface area contributed by atoms with E-state index in [1.165, 1.54) is 51.4 Å². The number of hydrogen-bond acceptors (Lipinski definition) is 0. The molecule has 22 heavy (non-hydrogen) atoms. The van der Waals surface area contributed by atoms with Crippen molar-refractivity contribution in [1.29, 1.82) is 0 Å². The Balaban J connectivity index is 2.05. The van der Waals surface area contributed by atoms with E-state index in [0.29, 0.717) is 0 Å². The van der Waals surface area contributed by atoms with Crippen LogP contribution in [0.1, 0.15) is 58.3 Å². The third kappa shape index (κ3) is 2.88. The number of allylic oxidation sites excluding steroid dienone is 4. The zero-order valence-electron chi connectivity index (χ0n) is 14.3. The van der Waals surface area contributed by atoms with Crippen molar-refractivity contribution in [1.82, 2.24) is 0 Å². The molecule has 0 amide bonds. The van der Waals surface area contributed by atoms with Crippen molar-refractivity contribution in [3.8, 4) is 0 Å². The lowest BCUT2D eigenvalue weighted by molar-refractivity contribution is 0.494. The van der Waals surface area contributed by atoms with Gasteiger partial charge in [0.1, 0.15) is 8.07 Å². The summed E-state index contributed by atoms with van der Waals surface area (Å²) in [5, 5.41) is 3.53. The largest absolute Gasteiger partial charge is 0.114 e. The summed E-state index contributed by atoms with van der Waals surface area (Å²) in [6.07, 6.45) is 15.9. The molecule has 118 valence electrons. The van der Waals surface area contributed by atoms with Crippen LogP contribution in [0.5, 0.6) is 0 Å². The lowest BCUT2D eigenvalue weighted by Crippen LogP contribution is -2.52. The SMILES string of the molecule is CCCC1=C([Si](C)(c2ccccc2)C2CCCCC2)CC=C1. The van der Waals surface area contributed by atoms with Gasteiger partial charge in [-0.2, -0.15) is 0 Å². The van der Waals surface area contributed by atoms with Crippen molar-refractivity contribution >= 4 is 13.3 Å². The quantitative estimate of drug-likeness (QED) is 0.594. The smallest absolute Gasteiger partial charge is 0.0806 e. The fourth-order valence-corrected chi connectivity index (χ4v) is 9.90. The lowest BCUT2D eigenvalue weighted by atomic mass is 10.0. The topological polar surface area (TPSA) is 0 Å². The fourth-order valence-electron chi connectivity index (χ4n) is 4.72. The highest BCUT2D eigenvalue weighted by Gasteiger charge is 2.42. The second-order valence-electron chi connectivity index (χ2n) is 7.26. The Labute approximate surface area is 137 Å². The van der Waals surface area contributed by atoms with Gasteiger partial charge in [0.25, 0.3) is 0 Å². The zero-order valence-corrected chi connectivity index (χ0v) is 15.3. The van der Waals surface area contributed by atoms with Crippen LogP contribution in [-0.2, 0) is 0 Å². The Morgan fingerprint density at radius 2 is 1.77 bits per heavy atom. The molecule has 0 nitrogen and oxygen atoms in total. The number of hydrogen-bond donors (Lipinski definition) is 0. The molecule has 0 aliphatic heterocycles. The van der Waals surface area contributed by atoms with Gasteiger partial charge in [0.15, 0.2) is 0 Å². The summed E-state index contributed by atoms with van der Waals surface area (Å²) >= 11 is 0. The normalized spacial score (nSPS) is 22.1. The van der Waals surface area contributed by atoms with E-state index in [2.05, 4.69) is 56.0 Å². The average molecular weight is 311 g/mol. The molecule has 1 unspecified atom stereocenters. The van der Waals surface area contributed by atoms with E-state index in [1.54, 1.807) is 10.8 Å². The van der Waals surface area contributed by atoms with E-state index in [4.69, 9.17) is 0 Å². The standard InChI is InChI=1S/C21H30Si/c1-3-11-18-12-10-17-21(18)22(2,19-13-6-4-7-14-19)20-15-8-5-9-16-20/h4,6-7,10,12-14,20H,3,5,8-9,11,15-17H2,1-2H3. The second-order valence-corrected chi connectivity index (χ2v) is 11.7. The molecule has 0 heterocycles. The van der Waals surface area contributed by atoms with Crippen LogP contribution in [-0.4, -0.2) is 8.07 Å². The van der Waals surface area contributed by atoms with Crippen LogP contribution in [0, 0.1) is 0 Å². The molecular formula is C21H30Si. The van der Waals surface area contributed by atoms with Gasteiger partial charge in [-0.15, -0.1) is 0 Å². The average Bonchev–Trinajstić information content (AvgIpc) is 3.05. The van der Waals surface area contributed by atoms with Gasteiger partial charge in [-0.3, -0.25) is 0 Å². The highest BCUT2D eigenvalue weighted by Crippen LogP contribution is 2.44. The third-order valence-electron chi connectivity index (χ3n) is 5.97. The molecule has 0 radical (unpaired) electrons. The minimum Gasteiger partial charge on any atom is -0.0806 e. The first-order chi connectivity index (χ1) is 10.8. The van der Waals surface area contributed by atoms with Crippen LogP contribution in [0.15, 0.2) is 53.3 Å². The molecule has 1 saturated carbocycles. The maximum atomic E-state index is 2.68. The molecule has 1 aromatic rings. The molecule has 1 fully saturated rings. The molecular weight excluding hydrogens is 280 g/mol. The molecule has 0 saturated heterocycles. The molecule has 3 rings (SSSR count). The number of rotatable bonds is 5. The first kappa shape index (κ1) is 15.8. The summed E-state index contributed by atoms with van der Waals surface area (Å²) in [5.41, 5.74) is 2.64. The monoisotopic (exact) mass is 310 g/mol. The van der Waals surface area contributed by atoms with E-state index < -0.39 is 8.07 Å². The van der Waals surface area contributed by atoms with E-state index in [9.17, 15) is 0 Å². The van der Waals surface area contributed by atoms with Gasteiger partial charge in [0, 0.05) is 0 Å².